The van der Waals surface area contributed by atoms with E-state index in [2.05, 4.69) is 0 Å². The van der Waals surface area contributed by atoms with E-state index in [1.54, 1.807) is 6.92 Å². The summed E-state index contributed by atoms with van der Waals surface area (Å²) in [6.45, 7) is 3.14. The Labute approximate surface area is 138 Å². The number of carboxylic acid groups (broad SMARTS) is 2. The summed E-state index contributed by atoms with van der Waals surface area (Å²) in [4.78, 5) is 20.3. The van der Waals surface area contributed by atoms with Crippen LogP contribution in [0.15, 0.2) is 0 Å². The number of carbonyl (C=O) groups is 2. The van der Waals surface area contributed by atoms with Gasteiger partial charge in [0.2, 0.25) is 0 Å². The second-order valence-electron chi connectivity index (χ2n) is 4.77. The maximum Gasteiger partial charge on any atom is 0.320 e. The van der Waals surface area contributed by atoms with Gasteiger partial charge in [-0.2, -0.15) is 0 Å². The Morgan fingerprint density at radius 2 is 1.09 bits per heavy atom. The summed E-state index contributed by atoms with van der Waals surface area (Å²) in [5.74, 6) is -1.87. The molecule has 0 aromatic heterocycles. The van der Waals surface area contributed by atoms with Gasteiger partial charge in [-0.15, -0.1) is 0 Å². The first kappa shape index (κ1) is 26.6. The highest BCUT2D eigenvalue weighted by Gasteiger charge is 2.09. The Kier molecular flexibility index (Phi) is 24.0. The molecule has 0 heterocycles. The fraction of sp³-hybridized carbons (Fsp3) is 0.857. The van der Waals surface area contributed by atoms with Gasteiger partial charge < -0.3 is 38.3 Å². The molecule has 0 aliphatic rings. The Morgan fingerprint density at radius 1 is 0.826 bits per heavy atom. The van der Waals surface area contributed by atoms with E-state index in [0.29, 0.717) is 25.9 Å². The zero-order chi connectivity index (χ0) is 18.7. The Morgan fingerprint density at radius 3 is 1.26 bits per heavy atom. The third kappa shape index (κ3) is 26.0. The fourth-order valence-electron chi connectivity index (χ4n) is 1.26. The number of carboxylic acids is 2. The molecule has 0 amide bonds. The number of aliphatic carboxylic acids is 2. The van der Waals surface area contributed by atoms with E-state index in [9.17, 15) is 9.59 Å². The van der Waals surface area contributed by atoms with Crippen LogP contribution in [0.3, 0.4) is 0 Å². The number of nitrogens with two attached hydrogens (primary N) is 4. The molecule has 140 valence electrons. The van der Waals surface area contributed by atoms with Crippen LogP contribution in [0.25, 0.3) is 0 Å². The maximum atomic E-state index is 10.1. The molecule has 11 N–H and O–H groups in total. The van der Waals surface area contributed by atoms with Crippen LogP contribution >= 0.6 is 0 Å². The smallest absolute Gasteiger partial charge is 0.320 e. The van der Waals surface area contributed by atoms with Crippen molar-refractivity contribution in [1.82, 2.24) is 0 Å². The number of hydrogen-bond donors (Lipinski definition) is 7. The van der Waals surface area contributed by atoms with Crippen molar-refractivity contribution >= 4 is 11.9 Å². The van der Waals surface area contributed by atoms with Crippen molar-refractivity contribution in [3.63, 3.8) is 0 Å². The molecular weight excluding hydrogens is 304 g/mol. The molecule has 0 aromatic rings. The van der Waals surface area contributed by atoms with Crippen molar-refractivity contribution in [3.8, 4) is 0 Å². The second kappa shape index (κ2) is 20.7. The third-order valence-electron chi connectivity index (χ3n) is 2.57. The van der Waals surface area contributed by atoms with Crippen LogP contribution in [-0.2, 0) is 9.59 Å². The van der Waals surface area contributed by atoms with Gasteiger partial charge in [-0.25, -0.2) is 0 Å². The van der Waals surface area contributed by atoms with Crippen molar-refractivity contribution in [1.29, 1.82) is 0 Å². The fourth-order valence-corrected chi connectivity index (χ4v) is 1.26. The quantitative estimate of drug-likeness (QED) is 0.245. The molecule has 0 fully saturated rings. The minimum atomic E-state index is -0.933. The molecule has 0 bridgehead atoms. The lowest BCUT2D eigenvalue weighted by Gasteiger charge is -2.03. The van der Waals surface area contributed by atoms with E-state index >= 15 is 0 Å². The molecule has 23 heavy (non-hydrogen) atoms. The lowest BCUT2D eigenvalue weighted by atomic mass is 10.1. The highest BCUT2D eigenvalue weighted by molar-refractivity contribution is 5.73. The molecule has 2 atom stereocenters. The van der Waals surface area contributed by atoms with Gasteiger partial charge in [0.1, 0.15) is 12.1 Å². The summed E-state index contributed by atoms with van der Waals surface area (Å²) in [6.07, 6.45) is 4.33. The standard InChI is InChI=1S/2C6H14N2O2.C2H6O/c2*7-4-2-1-3-5(8)6(9)10;1-2-3/h2*5H,1-4,7-8H2,(H,9,10);3H,2H2,1H3/t2*5-;/m00./s1. The molecule has 0 rings (SSSR count). The lowest BCUT2D eigenvalue weighted by Crippen LogP contribution is -2.29. The van der Waals surface area contributed by atoms with Gasteiger partial charge in [-0.05, 0) is 45.7 Å². The predicted molar refractivity (Wildman–Crippen MR) is 89.8 cm³/mol. The van der Waals surface area contributed by atoms with Crippen LogP contribution in [-0.4, -0.2) is 59.0 Å². The Balaban J connectivity index is -0.000000297. The highest BCUT2D eigenvalue weighted by Crippen LogP contribution is 1.97. The molecular formula is C14H34N4O5. The topological polar surface area (TPSA) is 199 Å². The molecule has 0 aromatic carbocycles. The Hall–Kier alpha value is -1.26. The van der Waals surface area contributed by atoms with Gasteiger partial charge in [0, 0.05) is 6.61 Å². The third-order valence-corrected chi connectivity index (χ3v) is 2.57. The highest BCUT2D eigenvalue weighted by atomic mass is 16.4. The average Bonchev–Trinajstić information content (AvgIpc) is 2.48. The molecule has 0 aliphatic heterocycles. The Bertz CT molecular complexity index is 254. The van der Waals surface area contributed by atoms with Crippen LogP contribution in [0, 0.1) is 0 Å². The van der Waals surface area contributed by atoms with E-state index < -0.39 is 24.0 Å². The summed E-state index contributed by atoms with van der Waals surface area (Å²) < 4.78 is 0. The molecule has 0 saturated heterocycles. The van der Waals surface area contributed by atoms with Gasteiger partial charge in [0.05, 0.1) is 0 Å². The van der Waals surface area contributed by atoms with E-state index in [0.717, 1.165) is 25.7 Å². The van der Waals surface area contributed by atoms with Gasteiger partial charge in [-0.3, -0.25) is 9.59 Å². The zero-order valence-electron chi connectivity index (χ0n) is 14.0. The molecule has 9 nitrogen and oxygen atoms in total. The second-order valence-corrected chi connectivity index (χ2v) is 4.77. The minimum absolute atomic E-state index is 0.250. The van der Waals surface area contributed by atoms with Crippen LogP contribution in [0.5, 0.6) is 0 Å². The normalized spacial score (nSPS) is 12.1. The molecule has 0 aliphatic carbocycles. The number of aliphatic hydroxyl groups excluding tert-OH is 1. The molecule has 0 unspecified atom stereocenters. The van der Waals surface area contributed by atoms with Crippen molar-refractivity contribution in [2.75, 3.05) is 19.7 Å². The van der Waals surface area contributed by atoms with E-state index in [4.69, 9.17) is 38.3 Å². The zero-order valence-corrected chi connectivity index (χ0v) is 14.0. The van der Waals surface area contributed by atoms with E-state index in [1.165, 1.54) is 0 Å². The first-order valence-corrected chi connectivity index (χ1v) is 7.76. The first-order chi connectivity index (χ1) is 10.8. The van der Waals surface area contributed by atoms with Crippen LogP contribution < -0.4 is 22.9 Å². The summed E-state index contributed by atoms with van der Waals surface area (Å²) in [7, 11) is 0. The van der Waals surface area contributed by atoms with E-state index in [1.807, 2.05) is 0 Å². The van der Waals surface area contributed by atoms with E-state index in [-0.39, 0.29) is 6.61 Å². The van der Waals surface area contributed by atoms with Gasteiger partial charge in [0.25, 0.3) is 0 Å². The number of rotatable bonds is 10. The minimum Gasteiger partial charge on any atom is -0.480 e. The van der Waals surface area contributed by atoms with Gasteiger partial charge in [0.15, 0.2) is 0 Å². The SMILES string of the molecule is CCO.NCCCC[C@H](N)C(=O)O.NCCCC[C@H](N)C(=O)O. The van der Waals surface area contributed by atoms with Crippen LogP contribution in [0.1, 0.15) is 45.4 Å². The number of aliphatic hydroxyl groups is 1. The largest absolute Gasteiger partial charge is 0.480 e. The summed E-state index contributed by atoms with van der Waals surface area (Å²) >= 11 is 0. The summed E-state index contributed by atoms with van der Waals surface area (Å²) in [5, 5.41) is 24.2. The van der Waals surface area contributed by atoms with Gasteiger partial charge >= 0.3 is 11.9 Å². The van der Waals surface area contributed by atoms with Crippen LogP contribution in [0.4, 0.5) is 0 Å². The molecule has 0 saturated carbocycles. The van der Waals surface area contributed by atoms with Crippen molar-refractivity contribution < 1.29 is 24.9 Å². The maximum absolute atomic E-state index is 10.1. The lowest BCUT2D eigenvalue weighted by molar-refractivity contribution is -0.139. The predicted octanol–water partition coefficient (Wildman–Crippen LogP) is -0.947. The van der Waals surface area contributed by atoms with Gasteiger partial charge in [-0.1, -0.05) is 12.8 Å². The average molecular weight is 338 g/mol. The molecule has 9 heteroatoms. The number of unbranched alkanes of at least 4 members (excludes halogenated alkanes) is 2. The first-order valence-electron chi connectivity index (χ1n) is 7.76. The summed E-state index contributed by atoms with van der Waals surface area (Å²) in [5.41, 5.74) is 20.8. The number of hydrogen-bond acceptors (Lipinski definition) is 7. The molecule has 0 spiro atoms. The van der Waals surface area contributed by atoms with Crippen LogP contribution in [0.2, 0.25) is 0 Å². The van der Waals surface area contributed by atoms with Crippen molar-refractivity contribution in [2.45, 2.75) is 57.5 Å². The van der Waals surface area contributed by atoms with Crippen molar-refractivity contribution in [2.24, 2.45) is 22.9 Å². The monoisotopic (exact) mass is 338 g/mol. The van der Waals surface area contributed by atoms with Crippen molar-refractivity contribution in [3.05, 3.63) is 0 Å². The molecule has 0 radical (unpaired) electrons. The summed E-state index contributed by atoms with van der Waals surface area (Å²) in [6, 6.07) is -1.43.